The van der Waals surface area contributed by atoms with Gasteiger partial charge in [-0.2, -0.15) is 0 Å². The molecular weight excluding hydrogens is 332 g/mol. The highest BCUT2D eigenvalue weighted by molar-refractivity contribution is 5.32. The van der Waals surface area contributed by atoms with Crippen molar-refractivity contribution in [3.05, 3.63) is 12.7 Å². The second-order valence-electron chi connectivity index (χ2n) is 7.45. The Morgan fingerprint density at radius 1 is 0.826 bits per heavy atom. The molecule has 0 heterocycles. The van der Waals surface area contributed by atoms with Crippen molar-refractivity contribution in [2.75, 3.05) is 6.67 Å². The smallest absolute Gasteiger partial charge is 0.250 e. The predicted molar refractivity (Wildman–Crippen MR) is 68.4 cm³/mol. The molecule has 0 saturated heterocycles. The number of halogens is 8. The normalized spacial score (nSPS) is 50.4. The van der Waals surface area contributed by atoms with Gasteiger partial charge in [-0.3, -0.25) is 4.39 Å². The molecule has 4 atom stereocenters. The Hall–Kier alpha value is -0.820. The van der Waals surface area contributed by atoms with E-state index in [0.29, 0.717) is 19.9 Å². The van der Waals surface area contributed by atoms with E-state index in [4.69, 9.17) is 0 Å². The number of rotatable bonds is 2. The third kappa shape index (κ3) is 1.54. The standard InChI is InChI=1S/C15H18F8/c1-5-12-6-9(2,8-16)13(18,19)11(4,15(12,22)23)14(20,21)10(3,17)7-12/h5H,1,6-8H2,2-4H3. The maximum atomic E-state index is 14.8. The Bertz CT molecular complexity index is 540. The Morgan fingerprint density at radius 2 is 1.30 bits per heavy atom. The molecule has 0 amide bonds. The van der Waals surface area contributed by atoms with E-state index in [2.05, 4.69) is 6.58 Å². The zero-order valence-corrected chi connectivity index (χ0v) is 12.9. The van der Waals surface area contributed by atoms with Crippen LogP contribution >= 0.6 is 0 Å². The average molecular weight is 350 g/mol. The van der Waals surface area contributed by atoms with Crippen molar-refractivity contribution in [3.8, 4) is 0 Å². The molecular formula is C15H18F8. The van der Waals surface area contributed by atoms with Crippen LogP contribution in [0.5, 0.6) is 0 Å². The molecule has 8 heteroatoms. The highest BCUT2D eigenvalue weighted by atomic mass is 19.3. The lowest BCUT2D eigenvalue weighted by Gasteiger charge is -2.68. The summed E-state index contributed by atoms with van der Waals surface area (Å²) >= 11 is 0. The average Bonchev–Trinajstić information content (AvgIpc) is 2.41. The molecule has 23 heavy (non-hydrogen) atoms. The van der Waals surface area contributed by atoms with Crippen molar-refractivity contribution in [2.45, 2.75) is 57.0 Å². The van der Waals surface area contributed by atoms with E-state index in [1.165, 1.54) is 0 Å². The molecule has 0 aromatic rings. The van der Waals surface area contributed by atoms with Crippen molar-refractivity contribution in [1.82, 2.24) is 0 Å². The summed E-state index contributed by atoms with van der Waals surface area (Å²) in [7, 11) is 0. The summed E-state index contributed by atoms with van der Waals surface area (Å²) in [5.41, 5.74) is -13.5. The van der Waals surface area contributed by atoms with Gasteiger partial charge in [0.15, 0.2) is 11.1 Å². The monoisotopic (exact) mass is 350 g/mol. The van der Waals surface area contributed by atoms with Crippen LogP contribution in [0.4, 0.5) is 35.1 Å². The van der Waals surface area contributed by atoms with E-state index >= 15 is 0 Å². The fourth-order valence-electron chi connectivity index (χ4n) is 4.41. The maximum absolute atomic E-state index is 14.8. The molecule has 0 N–H and O–H groups in total. The van der Waals surface area contributed by atoms with E-state index in [0.717, 1.165) is 0 Å². The SMILES string of the molecule is C=CC12CC(C)(F)C(F)(F)C(C)(C(F)(F)C(C)(CF)C1)C2(F)F. The van der Waals surface area contributed by atoms with Crippen LogP contribution in [0.15, 0.2) is 12.7 Å². The lowest BCUT2D eigenvalue weighted by Crippen LogP contribution is -2.82. The van der Waals surface area contributed by atoms with Crippen LogP contribution in [0.25, 0.3) is 0 Å². The molecule has 2 bridgehead atoms. The highest BCUT2D eigenvalue weighted by Gasteiger charge is 2.93. The molecule has 0 aromatic heterocycles. The van der Waals surface area contributed by atoms with Gasteiger partial charge in [0.05, 0.1) is 10.8 Å². The van der Waals surface area contributed by atoms with Crippen LogP contribution in [0.1, 0.15) is 33.6 Å². The maximum Gasteiger partial charge on any atom is 0.298 e. The quantitative estimate of drug-likeness (QED) is 0.450. The van der Waals surface area contributed by atoms with Crippen LogP contribution < -0.4 is 0 Å². The molecule has 0 radical (unpaired) electrons. The molecule has 4 unspecified atom stereocenters. The van der Waals surface area contributed by atoms with E-state index in [1.807, 2.05) is 0 Å². The lowest BCUT2D eigenvalue weighted by atomic mass is 9.41. The first kappa shape index (κ1) is 18.5. The van der Waals surface area contributed by atoms with Gasteiger partial charge in [-0.1, -0.05) is 13.0 Å². The van der Waals surface area contributed by atoms with Gasteiger partial charge in [0.2, 0.25) is 0 Å². The summed E-state index contributed by atoms with van der Waals surface area (Å²) in [5, 5.41) is 0. The molecule has 0 spiro atoms. The minimum atomic E-state index is -5.07. The lowest BCUT2D eigenvalue weighted by molar-refractivity contribution is -0.444. The number of hydrogen-bond donors (Lipinski definition) is 0. The number of alkyl halides is 8. The highest BCUT2D eigenvalue weighted by Crippen LogP contribution is 2.79. The number of hydrogen-bond acceptors (Lipinski definition) is 0. The Balaban J connectivity index is 2.94. The van der Waals surface area contributed by atoms with Crippen LogP contribution in [0, 0.1) is 16.2 Å². The summed E-state index contributed by atoms with van der Waals surface area (Å²) in [6.07, 6.45) is -2.06. The minimum Gasteiger partial charge on any atom is -0.250 e. The largest absolute Gasteiger partial charge is 0.298 e. The molecule has 2 aliphatic carbocycles. The van der Waals surface area contributed by atoms with Crippen LogP contribution in [-0.2, 0) is 0 Å². The van der Waals surface area contributed by atoms with Gasteiger partial charge in [0.1, 0.15) is 6.67 Å². The summed E-state index contributed by atoms with van der Waals surface area (Å²) in [4.78, 5) is 0. The van der Waals surface area contributed by atoms with Crippen LogP contribution in [-0.4, -0.2) is 30.1 Å². The fraction of sp³-hybridized carbons (Fsp3) is 0.867. The first-order valence-electron chi connectivity index (χ1n) is 7.05. The van der Waals surface area contributed by atoms with E-state index < -0.39 is 59.2 Å². The van der Waals surface area contributed by atoms with Crippen LogP contribution in [0.2, 0.25) is 0 Å². The number of allylic oxidation sites excluding steroid dienone is 1. The van der Waals surface area contributed by atoms with Crippen LogP contribution in [0.3, 0.4) is 0 Å². The van der Waals surface area contributed by atoms with Crippen molar-refractivity contribution in [3.63, 3.8) is 0 Å². The van der Waals surface area contributed by atoms with Crippen molar-refractivity contribution in [2.24, 2.45) is 16.2 Å². The number of fused-ring (bicyclic) bond motifs is 2. The van der Waals surface area contributed by atoms with Gasteiger partial charge in [0.25, 0.3) is 17.8 Å². The molecule has 0 aliphatic heterocycles. The summed E-state index contributed by atoms with van der Waals surface area (Å²) in [6, 6.07) is 0. The first-order valence-corrected chi connectivity index (χ1v) is 7.05. The van der Waals surface area contributed by atoms with Gasteiger partial charge in [-0.25, -0.2) is 30.7 Å². The third-order valence-corrected chi connectivity index (χ3v) is 5.96. The zero-order chi connectivity index (χ0) is 18.3. The molecule has 2 rings (SSSR count). The molecule has 0 aromatic carbocycles. The molecule has 0 nitrogen and oxygen atoms in total. The van der Waals surface area contributed by atoms with Gasteiger partial charge < -0.3 is 0 Å². The predicted octanol–water partition coefficient (Wildman–Crippen LogP) is 5.58. The Labute approximate surface area is 128 Å². The Kier molecular flexibility index (Phi) is 3.40. The topological polar surface area (TPSA) is 0 Å². The summed E-state index contributed by atoms with van der Waals surface area (Å²) in [5.74, 6) is -14.6. The molecule has 2 fully saturated rings. The minimum absolute atomic E-state index is 0.0463. The Morgan fingerprint density at radius 3 is 1.70 bits per heavy atom. The van der Waals surface area contributed by atoms with Gasteiger partial charge >= 0.3 is 0 Å². The molecule has 2 saturated carbocycles. The molecule has 2 aliphatic rings. The first-order chi connectivity index (χ1) is 10.0. The third-order valence-electron chi connectivity index (χ3n) is 5.96. The van der Waals surface area contributed by atoms with E-state index in [9.17, 15) is 35.1 Å². The second-order valence-corrected chi connectivity index (χ2v) is 7.45. The van der Waals surface area contributed by atoms with Gasteiger partial charge in [-0.05, 0) is 20.3 Å². The van der Waals surface area contributed by atoms with E-state index in [1.54, 1.807) is 0 Å². The second kappa shape index (κ2) is 4.23. The van der Waals surface area contributed by atoms with Crippen molar-refractivity contribution in [1.29, 1.82) is 0 Å². The zero-order valence-electron chi connectivity index (χ0n) is 12.9. The van der Waals surface area contributed by atoms with Gasteiger partial charge in [0, 0.05) is 6.42 Å². The summed E-state index contributed by atoms with van der Waals surface area (Å²) in [6.45, 7) is 2.25. The van der Waals surface area contributed by atoms with Crippen molar-refractivity contribution < 1.29 is 35.1 Å². The van der Waals surface area contributed by atoms with E-state index in [-0.39, 0.29) is 6.92 Å². The summed E-state index contributed by atoms with van der Waals surface area (Å²) < 4.78 is 116. The molecule has 134 valence electrons. The fourth-order valence-corrected chi connectivity index (χ4v) is 4.41. The van der Waals surface area contributed by atoms with Crippen molar-refractivity contribution >= 4 is 0 Å². The van der Waals surface area contributed by atoms with Gasteiger partial charge in [-0.15, -0.1) is 6.58 Å².